The fourth-order valence-corrected chi connectivity index (χ4v) is 1.76. The lowest BCUT2D eigenvalue weighted by atomic mass is 10.5. The Bertz CT molecular complexity index is 248. The minimum Gasteiger partial charge on any atom is -0.393 e. The summed E-state index contributed by atoms with van der Waals surface area (Å²) in [7, 11) is 0. The van der Waals surface area contributed by atoms with Gasteiger partial charge in [0, 0.05) is 18.4 Å². The third-order valence-electron chi connectivity index (χ3n) is 1.24. The minimum absolute atomic E-state index is 0.568. The van der Waals surface area contributed by atoms with Gasteiger partial charge in [0.25, 0.3) is 0 Å². The molecule has 0 bridgehead atoms. The second-order valence-corrected chi connectivity index (χ2v) is 3.87. The predicted octanol–water partition coefficient (Wildman–Crippen LogP) is 1.85. The maximum atomic E-state index is 5.35. The lowest BCUT2D eigenvalue weighted by Crippen LogP contribution is -2.08. The van der Waals surface area contributed by atoms with Crippen LogP contribution in [0.15, 0.2) is 29.4 Å². The molecule has 12 heavy (non-hydrogen) atoms. The van der Waals surface area contributed by atoms with E-state index in [4.69, 9.17) is 18.0 Å². The number of thiocarbonyl (C=S) groups is 1. The summed E-state index contributed by atoms with van der Waals surface area (Å²) in [6.07, 6.45) is 2.56. The van der Waals surface area contributed by atoms with E-state index in [2.05, 4.69) is 4.98 Å². The lowest BCUT2D eigenvalue weighted by molar-refractivity contribution is 1.13. The number of hydrogen-bond donors (Lipinski definition) is 1. The SMILES string of the molecule is NC(=S)CCSc1ccccn1. The molecule has 0 aromatic carbocycles. The smallest absolute Gasteiger partial charge is 0.0959 e. The third kappa shape index (κ3) is 3.69. The van der Waals surface area contributed by atoms with Crippen LogP contribution < -0.4 is 5.73 Å². The van der Waals surface area contributed by atoms with Crippen molar-refractivity contribution < 1.29 is 0 Å². The second kappa shape index (κ2) is 5.11. The summed E-state index contributed by atoms with van der Waals surface area (Å²) in [4.78, 5) is 4.72. The number of hydrogen-bond acceptors (Lipinski definition) is 3. The molecule has 2 N–H and O–H groups in total. The summed E-state index contributed by atoms with van der Waals surface area (Å²) in [5, 5.41) is 1.02. The Morgan fingerprint density at radius 3 is 3.00 bits per heavy atom. The highest BCUT2D eigenvalue weighted by Gasteiger charge is 1.94. The van der Waals surface area contributed by atoms with Gasteiger partial charge in [0.1, 0.15) is 0 Å². The topological polar surface area (TPSA) is 38.9 Å². The number of nitrogens with two attached hydrogens (primary N) is 1. The lowest BCUT2D eigenvalue weighted by Gasteiger charge is -1.98. The highest BCUT2D eigenvalue weighted by Crippen LogP contribution is 2.14. The molecular weight excluding hydrogens is 188 g/mol. The third-order valence-corrected chi connectivity index (χ3v) is 2.39. The van der Waals surface area contributed by atoms with Gasteiger partial charge in [0.05, 0.1) is 10.0 Å². The zero-order valence-corrected chi connectivity index (χ0v) is 8.20. The van der Waals surface area contributed by atoms with Gasteiger partial charge in [0.2, 0.25) is 0 Å². The molecule has 2 nitrogen and oxygen atoms in total. The molecule has 0 spiro atoms. The molecule has 0 aliphatic rings. The van der Waals surface area contributed by atoms with Crippen molar-refractivity contribution in [1.29, 1.82) is 0 Å². The van der Waals surface area contributed by atoms with Crippen molar-refractivity contribution in [3.8, 4) is 0 Å². The monoisotopic (exact) mass is 198 g/mol. The van der Waals surface area contributed by atoms with Gasteiger partial charge in [-0.15, -0.1) is 11.8 Å². The molecule has 64 valence electrons. The average molecular weight is 198 g/mol. The van der Waals surface area contributed by atoms with Crippen LogP contribution in [0, 0.1) is 0 Å². The van der Waals surface area contributed by atoms with Crippen LogP contribution in [-0.4, -0.2) is 15.7 Å². The van der Waals surface area contributed by atoms with Gasteiger partial charge < -0.3 is 5.73 Å². The molecular formula is C8H10N2S2. The van der Waals surface area contributed by atoms with Gasteiger partial charge in [-0.3, -0.25) is 0 Å². The fraction of sp³-hybridized carbons (Fsp3) is 0.250. The van der Waals surface area contributed by atoms with Crippen LogP contribution in [0.1, 0.15) is 6.42 Å². The van der Waals surface area contributed by atoms with E-state index < -0.39 is 0 Å². The molecule has 0 amide bonds. The quantitative estimate of drug-likeness (QED) is 0.592. The first-order chi connectivity index (χ1) is 5.79. The number of thioether (sulfide) groups is 1. The number of aromatic nitrogens is 1. The Kier molecular flexibility index (Phi) is 4.04. The van der Waals surface area contributed by atoms with Crippen LogP contribution in [0.3, 0.4) is 0 Å². The van der Waals surface area contributed by atoms with Gasteiger partial charge in [-0.25, -0.2) is 4.98 Å². The summed E-state index contributed by atoms with van der Waals surface area (Å²) in [5.74, 6) is 0.909. The predicted molar refractivity (Wildman–Crippen MR) is 56.4 cm³/mol. The number of nitrogens with zero attached hydrogens (tertiary/aromatic N) is 1. The Balaban J connectivity index is 2.29. The van der Waals surface area contributed by atoms with E-state index in [1.165, 1.54) is 0 Å². The van der Waals surface area contributed by atoms with Crippen LogP contribution in [-0.2, 0) is 0 Å². The van der Waals surface area contributed by atoms with E-state index in [0.29, 0.717) is 4.99 Å². The molecule has 1 aromatic heterocycles. The first-order valence-corrected chi connectivity index (χ1v) is 5.00. The molecule has 1 rings (SSSR count). The van der Waals surface area contributed by atoms with Crippen molar-refractivity contribution in [2.75, 3.05) is 5.75 Å². The highest BCUT2D eigenvalue weighted by molar-refractivity contribution is 7.99. The zero-order valence-electron chi connectivity index (χ0n) is 6.56. The van der Waals surface area contributed by atoms with Crippen LogP contribution in [0.4, 0.5) is 0 Å². The van der Waals surface area contributed by atoms with E-state index in [9.17, 15) is 0 Å². The van der Waals surface area contributed by atoms with E-state index in [0.717, 1.165) is 17.2 Å². The van der Waals surface area contributed by atoms with E-state index in [-0.39, 0.29) is 0 Å². The van der Waals surface area contributed by atoms with Crippen molar-refractivity contribution >= 4 is 29.0 Å². The minimum atomic E-state index is 0.568. The number of pyridine rings is 1. The fourth-order valence-electron chi connectivity index (χ4n) is 0.689. The molecule has 1 heterocycles. The van der Waals surface area contributed by atoms with E-state index >= 15 is 0 Å². The van der Waals surface area contributed by atoms with Gasteiger partial charge in [-0.05, 0) is 12.1 Å². The Morgan fingerprint density at radius 1 is 1.58 bits per heavy atom. The molecule has 4 heteroatoms. The Morgan fingerprint density at radius 2 is 2.42 bits per heavy atom. The van der Waals surface area contributed by atoms with Crippen LogP contribution in [0.25, 0.3) is 0 Å². The van der Waals surface area contributed by atoms with Crippen molar-refractivity contribution in [2.45, 2.75) is 11.4 Å². The molecule has 0 aliphatic carbocycles. The molecule has 0 radical (unpaired) electrons. The normalized spacial score (nSPS) is 9.67. The Hall–Kier alpha value is -0.610. The van der Waals surface area contributed by atoms with Crippen molar-refractivity contribution in [3.63, 3.8) is 0 Å². The summed E-state index contributed by atoms with van der Waals surface area (Å²) in [6, 6.07) is 5.85. The van der Waals surface area contributed by atoms with E-state index in [1.807, 2.05) is 18.2 Å². The van der Waals surface area contributed by atoms with Crippen LogP contribution >= 0.6 is 24.0 Å². The molecule has 0 saturated carbocycles. The first-order valence-electron chi connectivity index (χ1n) is 3.61. The van der Waals surface area contributed by atoms with Gasteiger partial charge >= 0.3 is 0 Å². The van der Waals surface area contributed by atoms with Gasteiger partial charge in [0.15, 0.2) is 0 Å². The number of rotatable bonds is 4. The van der Waals surface area contributed by atoms with Crippen LogP contribution in [0.5, 0.6) is 0 Å². The summed E-state index contributed by atoms with van der Waals surface area (Å²) >= 11 is 6.43. The summed E-state index contributed by atoms with van der Waals surface area (Å²) in [6.45, 7) is 0. The Labute approximate surface area is 81.6 Å². The average Bonchev–Trinajstić information content (AvgIpc) is 2.05. The maximum absolute atomic E-state index is 5.35. The van der Waals surface area contributed by atoms with Crippen molar-refractivity contribution in [2.24, 2.45) is 5.73 Å². The van der Waals surface area contributed by atoms with Crippen LogP contribution in [0.2, 0.25) is 0 Å². The summed E-state index contributed by atoms with van der Waals surface area (Å²) in [5.41, 5.74) is 5.35. The molecule has 1 aromatic rings. The molecule has 0 aliphatic heterocycles. The highest BCUT2D eigenvalue weighted by atomic mass is 32.2. The second-order valence-electron chi connectivity index (χ2n) is 2.23. The van der Waals surface area contributed by atoms with E-state index in [1.54, 1.807) is 18.0 Å². The molecule has 0 unspecified atom stereocenters. The van der Waals surface area contributed by atoms with Crippen molar-refractivity contribution in [1.82, 2.24) is 4.98 Å². The summed E-state index contributed by atoms with van der Waals surface area (Å²) < 4.78 is 0. The standard InChI is InChI=1S/C8H10N2S2/c9-7(11)4-6-12-8-3-1-2-5-10-8/h1-3,5H,4,6H2,(H2,9,11). The molecule has 0 atom stereocenters. The largest absolute Gasteiger partial charge is 0.393 e. The molecule has 0 saturated heterocycles. The van der Waals surface area contributed by atoms with Gasteiger partial charge in [-0.1, -0.05) is 18.3 Å². The molecule has 0 fully saturated rings. The first kappa shape index (κ1) is 9.48. The zero-order chi connectivity index (χ0) is 8.81. The maximum Gasteiger partial charge on any atom is 0.0959 e. The van der Waals surface area contributed by atoms with Gasteiger partial charge in [-0.2, -0.15) is 0 Å². The van der Waals surface area contributed by atoms with Crippen molar-refractivity contribution in [3.05, 3.63) is 24.4 Å².